The van der Waals surface area contributed by atoms with E-state index in [2.05, 4.69) is 66.7 Å². The van der Waals surface area contributed by atoms with Crippen molar-refractivity contribution in [2.24, 2.45) is 0 Å². The van der Waals surface area contributed by atoms with Crippen LogP contribution < -0.4 is 0 Å². The Morgan fingerprint density at radius 2 is 1.52 bits per heavy atom. The molecule has 3 heteroatoms. The molecule has 0 amide bonds. The molecule has 0 N–H and O–H groups in total. The molecule has 1 heterocycles. The molecule has 0 aliphatic carbocycles. The maximum absolute atomic E-state index is 5.92. The van der Waals surface area contributed by atoms with Crippen LogP contribution in [-0.4, -0.2) is 18.3 Å². The first-order valence-electron chi connectivity index (χ1n) is 7.95. The van der Waals surface area contributed by atoms with Crippen LogP contribution >= 0.6 is 0 Å². The normalized spacial score (nSPS) is 21.1. The first-order chi connectivity index (χ1) is 9.64. The molecule has 0 bridgehead atoms. The van der Waals surface area contributed by atoms with Gasteiger partial charge < -0.3 is 9.31 Å². The van der Waals surface area contributed by atoms with Crippen LogP contribution in [-0.2, 0) is 9.31 Å². The monoisotopic (exact) mass is 290 g/mol. The van der Waals surface area contributed by atoms with Gasteiger partial charge in [0, 0.05) is 0 Å². The topological polar surface area (TPSA) is 18.5 Å². The van der Waals surface area contributed by atoms with Crippen LogP contribution in [0.15, 0.2) is 35.3 Å². The molecule has 1 saturated heterocycles. The van der Waals surface area contributed by atoms with Gasteiger partial charge in [0.25, 0.3) is 0 Å². The van der Waals surface area contributed by atoms with Crippen molar-refractivity contribution < 1.29 is 9.31 Å². The summed E-state index contributed by atoms with van der Waals surface area (Å²) in [7, 11) is -0.227. The zero-order chi connectivity index (χ0) is 16.1. The zero-order valence-electron chi connectivity index (χ0n) is 14.8. The molecule has 0 aromatic rings. The van der Waals surface area contributed by atoms with E-state index in [1.165, 1.54) is 11.1 Å². The van der Waals surface area contributed by atoms with Crippen LogP contribution in [0, 0.1) is 0 Å². The minimum Gasteiger partial charge on any atom is -0.400 e. The fraction of sp³-hybridized carbons (Fsp3) is 0.667. The van der Waals surface area contributed by atoms with E-state index in [9.17, 15) is 0 Å². The van der Waals surface area contributed by atoms with Crippen LogP contribution in [0.5, 0.6) is 0 Å². The van der Waals surface area contributed by atoms with Gasteiger partial charge >= 0.3 is 7.12 Å². The maximum Gasteiger partial charge on any atom is 0.486 e. The summed E-state index contributed by atoms with van der Waals surface area (Å²) in [6.45, 7) is 14.8. The molecule has 0 aromatic heterocycles. The van der Waals surface area contributed by atoms with Crippen molar-refractivity contribution >= 4 is 7.12 Å². The second-order valence-electron chi connectivity index (χ2n) is 7.16. The van der Waals surface area contributed by atoms with Crippen LogP contribution in [0.25, 0.3) is 0 Å². The summed E-state index contributed by atoms with van der Waals surface area (Å²) in [4.78, 5) is 0. The minimum atomic E-state index is -0.252. The van der Waals surface area contributed by atoms with E-state index < -0.39 is 0 Å². The minimum absolute atomic E-state index is 0.227. The Kier molecular flexibility index (Phi) is 6.49. The van der Waals surface area contributed by atoms with Gasteiger partial charge in [0.15, 0.2) is 0 Å². The molecular formula is C18H31BO2. The van der Waals surface area contributed by atoms with E-state index in [0.717, 1.165) is 19.3 Å². The lowest BCUT2D eigenvalue weighted by Gasteiger charge is -2.32. The fourth-order valence-electron chi connectivity index (χ4n) is 2.12. The Labute approximate surface area is 131 Å². The molecule has 1 aliphatic heterocycles. The van der Waals surface area contributed by atoms with Crippen LogP contribution in [0.3, 0.4) is 0 Å². The van der Waals surface area contributed by atoms with Crippen molar-refractivity contribution in [2.75, 3.05) is 0 Å². The lowest BCUT2D eigenvalue weighted by Crippen LogP contribution is -2.41. The van der Waals surface area contributed by atoms with Gasteiger partial charge in [0.05, 0.1) is 11.2 Å². The van der Waals surface area contributed by atoms with Crippen molar-refractivity contribution in [1.82, 2.24) is 0 Å². The lowest BCUT2D eigenvalue weighted by molar-refractivity contribution is 0.00578. The summed E-state index contributed by atoms with van der Waals surface area (Å²) in [5.41, 5.74) is 2.32. The quantitative estimate of drug-likeness (QED) is 0.491. The van der Waals surface area contributed by atoms with Gasteiger partial charge in [-0.05, 0) is 67.7 Å². The summed E-state index contributed by atoms with van der Waals surface area (Å²) >= 11 is 0. The molecule has 0 saturated carbocycles. The van der Waals surface area contributed by atoms with Gasteiger partial charge in [-0.2, -0.15) is 0 Å². The highest BCUT2D eigenvalue weighted by Crippen LogP contribution is 2.36. The van der Waals surface area contributed by atoms with Gasteiger partial charge in [-0.3, -0.25) is 0 Å². The number of rotatable bonds is 6. The molecule has 21 heavy (non-hydrogen) atoms. The highest BCUT2D eigenvalue weighted by Gasteiger charge is 2.49. The third-order valence-corrected chi connectivity index (χ3v) is 4.26. The molecule has 0 spiro atoms. The maximum atomic E-state index is 5.92. The van der Waals surface area contributed by atoms with Crippen molar-refractivity contribution in [3.8, 4) is 0 Å². The lowest BCUT2D eigenvalue weighted by atomic mass is 9.89. The summed E-state index contributed by atoms with van der Waals surface area (Å²) in [6, 6.07) is 0. The van der Waals surface area contributed by atoms with Crippen molar-refractivity contribution in [3.63, 3.8) is 0 Å². The average molecular weight is 290 g/mol. The molecule has 1 fully saturated rings. The van der Waals surface area contributed by atoms with Gasteiger partial charge in [0.1, 0.15) is 0 Å². The molecular weight excluding hydrogens is 259 g/mol. The Bertz CT molecular complexity index is 410. The first kappa shape index (κ1) is 18.3. The Hall–Kier alpha value is -0.795. The van der Waals surface area contributed by atoms with Crippen LogP contribution in [0.1, 0.15) is 67.7 Å². The second kappa shape index (κ2) is 7.46. The van der Waals surface area contributed by atoms with E-state index >= 15 is 0 Å². The molecule has 0 aromatic carbocycles. The highest BCUT2D eigenvalue weighted by molar-refractivity contribution is 6.51. The summed E-state index contributed by atoms with van der Waals surface area (Å²) in [5.74, 6) is 2.02. The Morgan fingerprint density at radius 3 is 2.05 bits per heavy atom. The van der Waals surface area contributed by atoms with E-state index in [-0.39, 0.29) is 18.3 Å². The average Bonchev–Trinajstić information content (AvgIpc) is 2.53. The second-order valence-corrected chi connectivity index (χ2v) is 7.16. The predicted molar refractivity (Wildman–Crippen MR) is 92.3 cm³/mol. The largest absolute Gasteiger partial charge is 0.486 e. The summed E-state index contributed by atoms with van der Waals surface area (Å²) < 4.78 is 11.8. The molecule has 1 aliphatic rings. The van der Waals surface area contributed by atoms with Gasteiger partial charge in [-0.1, -0.05) is 35.3 Å². The third-order valence-electron chi connectivity index (χ3n) is 4.26. The summed E-state index contributed by atoms with van der Waals surface area (Å²) in [6.07, 6.45) is 9.90. The molecule has 1 rings (SSSR count). The Morgan fingerprint density at radius 1 is 0.952 bits per heavy atom. The predicted octanol–water partition coefficient (Wildman–Crippen LogP) is 5.26. The highest BCUT2D eigenvalue weighted by atomic mass is 16.7. The smallest absolute Gasteiger partial charge is 0.400 e. The van der Waals surface area contributed by atoms with Gasteiger partial charge in [-0.25, -0.2) is 0 Å². The van der Waals surface area contributed by atoms with E-state index in [4.69, 9.17) is 9.31 Å². The van der Waals surface area contributed by atoms with Crippen LogP contribution in [0.4, 0.5) is 0 Å². The van der Waals surface area contributed by atoms with E-state index in [1.807, 2.05) is 5.98 Å². The third kappa shape index (κ3) is 5.84. The van der Waals surface area contributed by atoms with Crippen molar-refractivity contribution in [3.05, 3.63) is 35.3 Å². The van der Waals surface area contributed by atoms with Gasteiger partial charge in [-0.15, -0.1) is 0 Å². The van der Waals surface area contributed by atoms with E-state index in [1.54, 1.807) is 0 Å². The standard InChI is InChI=1S/C18H31BO2/c1-15(2)11-10-13-16(3)12-8-9-14-19-20-17(4,5)18(6,7)21-19/h9,11-12,14H,8,10,13H2,1-7H3/b14-9+,16-12+. The first-order valence-corrected chi connectivity index (χ1v) is 7.95. The van der Waals surface area contributed by atoms with Crippen molar-refractivity contribution in [2.45, 2.75) is 78.9 Å². The molecule has 118 valence electrons. The number of hydrogen-bond acceptors (Lipinski definition) is 2. The number of allylic oxidation sites excluding steroid dienone is 5. The van der Waals surface area contributed by atoms with Crippen molar-refractivity contribution in [1.29, 1.82) is 0 Å². The fourth-order valence-corrected chi connectivity index (χ4v) is 2.12. The zero-order valence-corrected chi connectivity index (χ0v) is 14.8. The number of hydrogen-bond donors (Lipinski definition) is 0. The van der Waals surface area contributed by atoms with Gasteiger partial charge in [0.2, 0.25) is 0 Å². The molecule has 2 nitrogen and oxygen atoms in total. The SMILES string of the molecule is CC(C)=CCC/C(C)=C/C/C=C/B1OC(C)(C)C(C)(C)O1. The Balaban J connectivity index is 2.37. The molecule has 0 atom stereocenters. The van der Waals surface area contributed by atoms with E-state index in [0.29, 0.717) is 0 Å². The molecule has 0 unspecified atom stereocenters. The van der Waals surface area contributed by atoms with Crippen LogP contribution in [0.2, 0.25) is 0 Å². The molecule has 0 radical (unpaired) electrons. The summed E-state index contributed by atoms with van der Waals surface area (Å²) in [5, 5.41) is 0.